The number of ether oxygens (including phenoxy) is 1. The average molecular weight is 398 g/mol. The van der Waals surface area contributed by atoms with Gasteiger partial charge in [-0.3, -0.25) is 9.36 Å². The van der Waals surface area contributed by atoms with E-state index < -0.39 is 0 Å². The van der Waals surface area contributed by atoms with Crippen LogP contribution < -0.4 is 16.0 Å². The molecule has 7 heteroatoms. The van der Waals surface area contributed by atoms with E-state index in [0.29, 0.717) is 35.1 Å². The minimum Gasteiger partial charge on any atom is -0.496 e. The number of rotatable bonds is 4. The Bertz CT molecular complexity index is 1150. The average Bonchev–Trinajstić information content (AvgIpc) is 3.33. The summed E-state index contributed by atoms with van der Waals surface area (Å²) in [4.78, 5) is 30.2. The largest absolute Gasteiger partial charge is 0.496 e. The molecule has 6 nitrogen and oxygen atoms in total. The number of hydrogen-bond donors (Lipinski definition) is 1. The molecule has 28 heavy (non-hydrogen) atoms. The van der Waals surface area contributed by atoms with Crippen LogP contribution in [0.5, 0.6) is 5.75 Å². The highest BCUT2D eigenvalue weighted by Gasteiger charge is 2.38. The standard InChI is InChI=1S/C21H23N3O3S/c1-27-18-4-2-3-14-15(18)6-5-13-11-23(12-16(13)14)8-9-24-20(25)19-17(7-10-28-19)22-21(24)26/h2-4,7,10,13,16H,5-6,8-9,11-12H2,1H3,(H,22,26)/t13-,16+/m0/s1. The Balaban J connectivity index is 1.35. The van der Waals surface area contributed by atoms with Gasteiger partial charge >= 0.3 is 5.69 Å². The van der Waals surface area contributed by atoms with Gasteiger partial charge in [0.25, 0.3) is 5.56 Å². The normalized spacial score (nSPS) is 21.6. The molecule has 1 aliphatic carbocycles. The van der Waals surface area contributed by atoms with E-state index >= 15 is 0 Å². The van der Waals surface area contributed by atoms with Crippen molar-refractivity contribution in [1.29, 1.82) is 0 Å². The molecule has 1 N–H and O–H groups in total. The van der Waals surface area contributed by atoms with E-state index in [1.807, 2.05) is 11.4 Å². The summed E-state index contributed by atoms with van der Waals surface area (Å²) in [6, 6.07) is 8.14. The summed E-state index contributed by atoms with van der Waals surface area (Å²) in [6.45, 7) is 3.13. The van der Waals surface area contributed by atoms with Crippen LogP contribution in [0.1, 0.15) is 23.5 Å². The lowest BCUT2D eigenvalue weighted by atomic mass is 9.77. The number of H-pyrrole nitrogens is 1. The number of aromatic amines is 1. The fourth-order valence-electron chi connectivity index (χ4n) is 4.92. The first-order valence-electron chi connectivity index (χ1n) is 9.74. The molecule has 146 valence electrons. The first kappa shape index (κ1) is 17.7. The predicted molar refractivity (Wildman–Crippen MR) is 111 cm³/mol. The predicted octanol–water partition coefficient (Wildman–Crippen LogP) is 2.42. The SMILES string of the molecule is COc1cccc2c1CC[C@H]1CN(CCn3c(=O)[nH]c4ccsc4c3=O)C[C@@H]21. The first-order valence-corrected chi connectivity index (χ1v) is 10.6. The second kappa shape index (κ2) is 6.90. The number of nitrogens with zero attached hydrogens (tertiary/aromatic N) is 2. The number of nitrogens with one attached hydrogen (secondary N) is 1. The third kappa shape index (κ3) is 2.81. The number of likely N-dealkylation sites (tertiary alicyclic amines) is 1. The molecule has 5 rings (SSSR count). The fourth-order valence-corrected chi connectivity index (χ4v) is 5.72. The van der Waals surface area contributed by atoms with Crippen molar-refractivity contribution in [3.05, 3.63) is 61.6 Å². The van der Waals surface area contributed by atoms with E-state index in [0.717, 1.165) is 31.7 Å². The zero-order chi connectivity index (χ0) is 19.3. The van der Waals surface area contributed by atoms with Crippen molar-refractivity contribution in [2.24, 2.45) is 5.92 Å². The molecule has 0 unspecified atom stereocenters. The maximum Gasteiger partial charge on any atom is 0.328 e. The van der Waals surface area contributed by atoms with Crippen molar-refractivity contribution in [3.8, 4) is 5.75 Å². The highest BCUT2D eigenvalue weighted by Crippen LogP contribution is 2.43. The summed E-state index contributed by atoms with van der Waals surface area (Å²) in [6.07, 6.45) is 2.22. The van der Waals surface area contributed by atoms with E-state index in [9.17, 15) is 9.59 Å². The molecule has 2 aromatic heterocycles. The smallest absolute Gasteiger partial charge is 0.328 e. The highest BCUT2D eigenvalue weighted by atomic mass is 32.1. The lowest BCUT2D eigenvalue weighted by Gasteiger charge is -2.28. The molecule has 0 bridgehead atoms. The molecule has 2 atom stereocenters. The van der Waals surface area contributed by atoms with Gasteiger partial charge in [0.05, 0.1) is 12.6 Å². The summed E-state index contributed by atoms with van der Waals surface area (Å²) in [5.41, 5.74) is 2.90. The summed E-state index contributed by atoms with van der Waals surface area (Å²) in [5.74, 6) is 2.14. The van der Waals surface area contributed by atoms with Gasteiger partial charge in [0.2, 0.25) is 0 Å². The molecule has 3 aromatic rings. The summed E-state index contributed by atoms with van der Waals surface area (Å²) in [5, 5.41) is 1.84. The molecule has 0 spiro atoms. The van der Waals surface area contributed by atoms with Crippen LogP contribution in [0.15, 0.2) is 39.2 Å². The number of aromatic nitrogens is 2. The lowest BCUT2D eigenvalue weighted by Crippen LogP contribution is -2.38. The van der Waals surface area contributed by atoms with Gasteiger partial charge < -0.3 is 14.6 Å². The van der Waals surface area contributed by atoms with Crippen molar-refractivity contribution < 1.29 is 4.74 Å². The Labute approximate surface area is 166 Å². The Morgan fingerprint density at radius 2 is 2.11 bits per heavy atom. The van der Waals surface area contributed by atoms with Gasteiger partial charge in [-0.05, 0) is 47.4 Å². The zero-order valence-electron chi connectivity index (χ0n) is 15.8. The first-order chi connectivity index (χ1) is 13.7. The van der Waals surface area contributed by atoms with Gasteiger partial charge in [0.1, 0.15) is 10.4 Å². The third-order valence-corrected chi connectivity index (χ3v) is 7.20. The van der Waals surface area contributed by atoms with Crippen LogP contribution in [0.2, 0.25) is 0 Å². The minimum atomic E-state index is -0.317. The van der Waals surface area contributed by atoms with Crippen molar-refractivity contribution in [2.45, 2.75) is 25.3 Å². The van der Waals surface area contributed by atoms with Crippen LogP contribution in [-0.2, 0) is 13.0 Å². The lowest BCUT2D eigenvalue weighted by molar-refractivity contribution is 0.303. The number of thiophene rings is 1. The quantitative estimate of drug-likeness (QED) is 0.734. The second-order valence-corrected chi connectivity index (χ2v) is 8.66. The van der Waals surface area contributed by atoms with Crippen molar-refractivity contribution in [1.82, 2.24) is 14.5 Å². The van der Waals surface area contributed by atoms with Gasteiger partial charge in [0.15, 0.2) is 0 Å². The van der Waals surface area contributed by atoms with Gasteiger partial charge in [-0.2, -0.15) is 0 Å². The molecular formula is C21H23N3O3S. The van der Waals surface area contributed by atoms with Gasteiger partial charge in [0, 0.05) is 32.1 Å². The molecule has 0 amide bonds. The second-order valence-electron chi connectivity index (χ2n) is 7.74. The molecule has 1 fully saturated rings. The number of methoxy groups -OCH3 is 1. The van der Waals surface area contributed by atoms with E-state index in [-0.39, 0.29) is 11.2 Å². The van der Waals surface area contributed by atoms with Crippen LogP contribution in [0.3, 0.4) is 0 Å². The molecule has 0 saturated carbocycles. The maximum absolute atomic E-state index is 12.6. The van der Waals surface area contributed by atoms with Crippen molar-refractivity contribution in [2.75, 3.05) is 26.7 Å². The zero-order valence-corrected chi connectivity index (χ0v) is 16.6. The number of hydrogen-bond acceptors (Lipinski definition) is 5. The van der Waals surface area contributed by atoms with Crippen molar-refractivity contribution in [3.63, 3.8) is 0 Å². The van der Waals surface area contributed by atoms with E-state index in [4.69, 9.17) is 4.74 Å². The summed E-state index contributed by atoms with van der Waals surface area (Å²) >= 11 is 1.38. The summed E-state index contributed by atoms with van der Waals surface area (Å²) in [7, 11) is 1.74. The van der Waals surface area contributed by atoms with Crippen LogP contribution >= 0.6 is 11.3 Å². The van der Waals surface area contributed by atoms with E-state index in [1.54, 1.807) is 13.2 Å². The molecule has 3 heterocycles. The number of fused-ring (bicyclic) bond motifs is 4. The molecule has 1 saturated heterocycles. The number of benzene rings is 1. The molecule has 0 radical (unpaired) electrons. The van der Waals surface area contributed by atoms with Gasteiger partial charge in [-0.25, -0.2) is 4.79 Å². The summed E-state index contributed by atoms with van der Waals surface area (Å²) < 4.78 is 7.53. The van der Waals surface area contributed by atoms with Crippen LogP contribution in [0.25, 0.3) is 10.2 Å². The van der Waals surface area contributed by atoms with Gasteiger partial charge in [-0.1, -0.05) is 12.1 Å². The monoisotopic (exact) mass is 397 g/mol. The molecular weight excluding hydrogens is 374 g/mol. The molecule has 1 aromatic carbocycles. The Morgan fingerprint density at radius 1 is 1.21 bits per heavy atom. The van der Waals surface area contributed by atoms with Crippen LogP contribution in [0, 0.1) is 5.92 Å². The molecule has 2 aliphatic rings. The van der Waals surface area contributed by atoms with E-state index in [2.05, 4.69) is 22.0 Å². The highest BCUT2D eigenvalue weighted by molar-refractivity contribution is 7.17. The third-order valence-electron chi connectivity index (χ3n) is 6.30. The maximum atomic E-state index is 12.6. The Kier molecular flexibility index (Phi) is 4.36. The van der Waals surface area contributed by atoms with Gasteiger partial charge in [-0.15, -0.1) is 11.3 Å². The molecule has 1 aliphatic heterocycles. The Hall–Kier alpha value is -2.38. The topological polar surface area (TPSA) is 67.3 Å². The van der Waals surface area contributed by atoms with Crippen LogP contribution in [0.4, 0.5) is 0 Å². The van der Waals surface area contributed by atoms with E-state index in [1.165, 1.54) is 27.0 Å². The minimum absolute atomic E-state index is 0.180. The van der Waals surface area contributed by atoms with Crippen LogP contribution in [-0.4, -0.2) is 41.2 Å². The Morgan fingerprint density at radius 3 is 2.96 bits per heavy atom. The van der Waals surface area contributed by atoms with Crippen molar-refractivity contribution >= 4 is 21.6 Å². The fraction of sp³-hybridized carbons (Fsp3) is 0.429.